The lowest BCUT2D eigenvalue weighted by molar-refractivity contribution is -0.870. The maximum atomic E-state index is 13.0. The van der Waals surface area contributed by atoms with Crippen molar-refractivity contribution in [1.82, 2.24) is 5.32 Å². The molecule has 0 saturated carbocycles. The number of amides is 1. The summed E-state index contributed by atoms with van der Waals surface area (Å²) < 4.78 is 23.8. The Morgan fingerprint density at radius 3 is 1.03 bits per heavy atom. The minimum absolute atomic E-state index is 0.0653. The Morgan fingerprint density at radius 2 is 0.736 bits per heavy atom. The number of unbranched alkanes of at least 4 members (excludes halogenated alkanes) is 47. The first-order valence-electron chi connectivity index (χ1n) is 32.1. The molecule has 72 heavy (non-hydrogen) atoms. The Hall–Kier alpha value is -0.760. The highest BCUT2D eigenvalue weighted by atomic mass is 31.2. The monoisotopic (exact) mass is 1040 g/mol. The zero-order valence-corrected chi connectivity index (χ0v) is 50.1. The van der Waals surface area contributed by atoms with Gasteiger partial charge < -0.3 is 19.8 Å². The van der Waals surface area contributed by atoms with Gasteiger partial charge in [-0.1, -0.05) is 321 Å². The second-order valence-corrected chi connectivity index (χ2v) is 25.0. The molecule has 8 nitrogen and oxygen atoms in total. The fraction of sp³-hybridized carbons (Fsp3) is 0.952. The van der Waals surface area contributed by atoms with Crippen molar-refractivity contribution in [3.05, 3.63) is 12.2 Å². The molecule has 0 aliphatic carbocycles. The van der Waals surface area contributed by atoms with Crippen LogP contribution in [0.15, 0.2) is 12.2 Å². The molecule has 0 rings (SSSR count). The van der Waals surface area contributed by atoms with E-state index in [1.165, 1.54) is 283 Å². The van der Waals surface area contributed by atoms with Crippen LogP contribution in [0, 0.1) is 0 Å². The van der Waals surface area contributed by atoms with Crippen LogP contribution in [0.25, 0.3) is 0 Å². The minimum Gasteiger partial charge on any atom is -0.387 e. The second kappa shape index (κ2) is 55.0. The normalized spacial score (nSPS) is 13.8. The van der Waals surface area contributed by atoms with Crippen LogP contribution in [-0.2, 0) is 18.4 Å². The van der Waals surface area contributed by atoms with E-state index < -0.39 is 20.0 Å². The van der Waals surface area contributed by atoms with E-state index in [-0.39, 0.29) is 19.1 Å². The van der Waals surface area contributed by atoms with Crippen molar-refractivity contribution >= 4 is 13.7 Å². The molecule has 0 fully saturated rings. The summed E-state index contributed by atoms with van der Waals surface area (Å²) in [7, 11) is 1.59. The highest BCUT2D eigenvalue weighted by molar-refractivity contribution is 7.47. The number of phosphoric acid groups is 1. The lowest BCUT2D eigenvalue weighted by atomic mass is 10.0. The quantitative estimate of drug-likeness (QED) is 0.0243. The third-order valence-corrected chi connectivity index (χ3v) is 16.0. The largest absolute Gasteiger partial charge is 0.472 e. The van der Waals surface area contributed by atoms with E-state index in [0.29, 0.717) is 17.4 Å². The molecule has 0 aliphatic rings. The maximum absolute atomic E-state index is 13.0. The topological polar surface area (TPSA) is 105 Å². The molecule has 1 amide bonds. The Kier molecular flexibility index (Phi) is 54.4. The number of aliphatic hydroxyl groups excluding tert-OH is 1. The zero-order valence-electron chi connectivity index (χ0n) is 49.2. The Bertz CT molecular complexity index is 1180. The summed E-state index contributed by atoms with van der Waals surface area (Å²) in [5, 5.41) is 14.0. The molecular weight excluding hydrogens is 912 g/mol. The van der Waals surface area contributed by atoms with Crippen LogP contribution in [0.3, 0.4) is 0 Å². The highest BCUT2D eigenvalue weighted by Crippen LogP contribution is 2.43. The summed E-state index contributed by atoms with van der Waals surface area (Å²) >= 11 is 0. The minimum atomic E-state index is -4.34. The number of phosphoric ester groups is 1. The zero-order chi connectivity index (χ0) is 52.7. The molecule has 430 valence electrons. The molecule has 0 saturated heterocycles. The molecule has 0 heterocycles. The number of carbonyl (C=O) groups excluding carboxylic acids is 1. The van der Waals surface area contributed by atoms with Crippen molar-refractivity contribution in [2.75, 3.05) is 40.9 Å². The van der Waals surface area contributed by atoms with Crippen LogP contribution in [0.1, 0.15) is 335 Å². The van der Waals surface area contributed by atoms with Gasteiger partial charge >= 0.3 is 7.82 Å². The smallest absolute Gasteiger partial charge is 0.387 e. The average molecular weight is 1040 g/mol. The molecule has 0 aromatic rings. The number of quaternary nitrogens is 1. The lowest BCUT2D eigenvalue weighted by Crippen LogP contribution is -2.45. The van der Waals surface area contributed by atoms with E-state index in [9.17, 15) is 19.4 Å². The van der Waals surface area contributed by atoms with Gasteiger partial charge in [0.2, 0.25) is 5.91 Å². The SMILES string of the molecule is CCCCCCCCCCCCCCCCCCC/C=C/C(O)C(COP(=O)(O)OCC[N+](C)(C)C)NC(=O)CCCCCCCCCCCCCCCCCCCCCCCCCCCCCCCCC. The number of nitrogens with zero attached hydrogens (tertiary/aromatic N) is 1. The van der Waals surface area contributed by atoms with Crippen LogP contribution in [-0.4, -0.2) is 73.4 Å². The molecule has 0 aromatic carbocycles. The fourth-order valence-electron chi connectivity index (χ4n) is 9.99. The first kappa shape index (κ1) is 71.2. The summed E-state index contributed by atoms with van der Waals surface area (Å²) in [6, 6.07) is -0.842. The van der Waals surface area contributed by atoms with E-state index in [2.05, 4.69) is 19.2 Å². The van der Waals surface area contributed by atoms with Gasteiger partial charge in [0.25, 0.3) is 0 Å². The number of carbonyl (C=O) groups is 1. The molecule has 3 N–H and O–H groups in total. The van der Waals surface area contributed by atoms with Crippen LogP contribution in [0.4, 0.5) is 0 Å². The van der Waals surface area contributed by atoms with Crippen LogP contribution in [0.5, 0.6) is 0 Å². The predicted octanol–water partition coefficient (Wildman–Crippen LogP) is 19.8. The molecule has 0 radical (unpaired) electrons. The maximum Gasteiger partial charge on any atom is 0.472 e. The second-order valence-electron chi connectivity index (χ2n) is 23.5. The van der Waals surface area contributed by atoms with Crippen molar-refractivity contribution in [3.63, 3.8) is 0 Å². The van der Waals surface area contributed by atoms with Gasteiger partial charge in [-0.25, -0.2) is 4.57 Å². The third-order valence-electron chi connectivity index (χ3n) is 15.0. The summed E-state index contributed by atoms with van der Waals surface area (Å²) in [6.45, 7) is 4.88. The van der Waals surface area contributed by atoms with E-state index in [0.717, 1.165) is 32.1 Å². The molecule has 0 spiro atoms. The number of aliphatic hydroxyl groups is 1. The summed E-state index contributed by atoms with van der Waals surface area (Å²) in [5.41, 5.74) is 0. The number of hydrogen-bond donors (Lipinski definition) is 3. The van der Waals surface area contributed by atoms with Crippen LogP contribution < -0.4 is 5.32 Å². The highest BCUT2D eigenvalue weighted by Gasteiger charge is 2.28. The molecule has 0 aliphatic heterocycles. The Labute approximate surface area is 450 Å². The number of hydrogen-bond acceptors (Lipinski definition) is 5. The van der Waals surface area contributed by atoms with Gasteiger partial charge in [0.15, 0.2) is 0 Å². The predicted molar refractivity (Wildman–Crippen MR) is 314 cm³/mol. The summed E-state index contributed by atoms with van der Waals surface area (Å²) in [4.78, 5) is 23.3. The van der Waals surface area contributed by atoms with Crippen molar-refractivity contribution in [3.8, 4) is 0 Å². The number of nitrogens with one attached hydrogen (secondary N) is 1. The first-order valence-corrected chi connectivity index (χ1v) is 33.6. The van der Waals surface area contributed by atoms with E-state index in [4.69, 9.17) is 9.05 Å². The van der Waals surface area contributed by atoms with E-state index in [1.807, 2.05) is 27.2 Å². The third kappa shape index (κ3) is 57.0. The molecule has 0 bridgehead atoms. The van der Waals surface area contributed by atoms with Gasteiger partial charge in [-0.05, 0) is 19.3 Å². The summed E-state index contributed by atoms with van der Waals surface area (Å²) in [6.07, 6.45) is 69.1. The van der Waals surface area contributed by atoms with Crippen LogP contribution in [0.2, 0.25) is 0 Å². The Morgan fingerprint density at radius 1 is 0.458 bits per heavy atom. The van der Waals surface area contributed by atoms with Crippen molar-refractivity contribution in [2.45, 2.75) is 347 Å². The van der Waals surface area contributed by atoms with Gasteiger partial charge in [-0.15, -0.1) is 0 Å². The summed E-state index contributed by atoms with van der Waals surface area (Å²) in [5.74, 6) is -0.168. The van der Waals surface area contributed by atoms with Crippen molar-refractivity contribution < 1.29 is 32.9 Å². The van der Waals surface area contributed by atoms with E-state index >= 15 is 0 Å². The molecular formula is C63H128N2O6P+. The van der Waals surface area contributed by atoms with Crippen molar-refractivity contribution in [2.24, 2.45) is 0 Å². The fourth-order valence-corrected chi connectivity index (χ4v) is 10.7. The van der Waals surface area contributed by atoms with E-state index in [1.54, 1.807) is 6.08 Å². The molecule has 3 atom stereocenters. The number of rotatable bonds is 60. The number of allylic oxidation sites excluding steroid dienone is 1. The van der Waals surface area contributed by atoms with Crippen LogP contribution >= 0.6 is 7.82 Å². The Balaban J connectivity index is 4.03. The molecule has 9 heteroatoms. The average Bonchev–Trinajstić information content (AvgIpc) is 3.34. The van der Waals surface area contributed by atoms with Gasteiger partial charge in [0.1, 0.15) is 13.2 Å². The molecule has 0 aromatic heterocycles. The first-order chi connectivity index (χ1) is 35.0. The van der Waals surface area contributed by atoms with Gasteiger partial charge in [0.05, 0.1) is 39.9 Å². The molecule has 3 unspecified atom stereocenters. The lowest BCUT2D eigenvalue weighted by Gasteiger charge is -2.25. The number of likely N-dealkylation sites (N-methyl/N-ethyl adjacent to an activating group) is 1. The van der Waals surface area contributed by atoms with Gasteiger partial charge in [-0.3, -0.25) is 13.8 Å². The standard InChI is InChI=1S/C63H127N2O6P/c1-6-8-10-12-14-16-18-20-22-24-26-27-28-29-30-31-32-33-34-35-36-37-39-41-43-45-47-49-51-53-55-57-63(67)64-61(60-71-72(68,69)70-59-58-65(3,4)5)62(66)56-54-52-50-48-46-44-42-40-38-25-23-21-19-17-15-13-11-9-7-2/h54,56,61-62,66H,6-53,55,57-60H2,1-5H3,(H-,64,67,68,69)/p+1/b56-54+. The van der Waals surface area contributed by atoms with Gasteiger partial charge in [0, 0.05) is 6.42 Å². The van der Waals surface area contributed by atoms with Crippen molar-refractivity contribution in [1.29, 1.82) is 0 Å². The van der Waals surface area contributed by atoms with Gasteiger partial charge in [-0.2, -0.15) is 0 Å².